The first-order valence-electron chi connectivity index (χ1n) is 9.64. The van der Waals surface area contributed by atoms with Crippen molar-refractivity contribution in [1.29, 1.82) is 0 Å². The molecule has 0 unspecified atom stereocenters. The van der Waals surface area contributed by atoms with Crippen LogP contribution in [0.15, 0.2) is 60.7 Å². The summed E-state index contributed by atoms with van der Waals surface area (Å²) in [5, 5.41) is 8.73. The minimum absolute atomic E-state index is 0.0624. The van der Waals surface area contributed by atoms with Gasteiger partial charge in [0.1, 0.15) is 6.61 Å². The number of likely N-dealkylation sites (tertiary alicyclic amines) is 1. The number of piperidine rings is 1. The van der Waals surface area contributed by atoms with Crippen LogP contribution in [-0.4, -0.2) is 41.8 Å². The summed E-state index contributed by atoms with van der Waals surface area (Å²) in [6, 6.07) is 16.6. The fourth-order valence-corrected chi connectivity index (χ4v) is 4.18. The maximum atomic E-state index is 12.5. The number of carbonyl (C=O) groups excluding carboxylic acids is 1. The van der Waals surface area contributed by atoms with Gasteiger partial charge in [0.05, 0.1) is 0 Å². The number of hydrogen-bond donors (Lipinski definition) is 1. The van der Waals surface area contributed by atoms with E-state index >= 15 is 0 Å². The van der Waals surface area contributed by atoms with Gasteiger partial charge in [-0.25, -0.2) is 9.59 Å². The van der Waals surface area contributed by atoms with Crippen LogP contribution in [0.4, 0.5) is 4.79 Å². The predicted octanol–water partition coefficient (Wildman–Crippen LogP) is 4.29. The second-order valence-corrected chi connectivity index (χ2v) is 7.33. The topological polar surface area (TPSA) is 66.8 Å². The third-order valence-corrected chi connectivity index (χ3v) is 5.64. The van der Waals surface area contributed by atoms with Crippen molar-refractivity contribution in [2.24, 2.45) is 5.92 Å². The summed E-state index contributed by atoms with van der Waals surface area (Å²) in [4.78, 5) is 24.9. The van der Waals surface area contributed by atoms with E-state index in [1.807, 2.05) is 24.3 Å². The fraction of sp³-hybridized carbons (Fsp3) is 0.304. The molecule has 1 aliphatic carbocycles. The van der Waals surface area contributed by atoms with Gasteiger partial charge in [-0.2, -0.15) is 0 Å². The Hall–Kier alpha value is -3.08. The first kappa shape index (κ1) is 18.3. The van der Waals surface area contributed by atoms with Crippen LogP contribution in [0.2, 0.25) is 0 Å². The molecule has 2 aromatic rings. The first-order chi connectivity index (χ1) is 13.6. The Morgan fingerprint density at radius 1 is 1.00 bits per heavy atom. The zero-order chi connectivity index (χ0) is 19.5. The van der Waals surface area contributed by atoms with Gasteiger partial charge in [0.25, 0.3) is 0 Å². The number of fused-ring (bicyclic) bond motifs is 3. The molecule has 5 nitrogen and oxygen atoms in total. The molecule has 0 aromatic heterocycles. The molecule has 144 valence electrons. The Morgan fingerprint density at radius 3 is 2.14 bits per heavy atom. The quantitative estimate of drug-likeness (QED) is 0.807. The number of hydrogen-bond acceptors (Lipinski definition) is 3. The van der Waals surface area contributed by atoms with Crippen LogP contribution in [0.5, 0.6) is 0 Å². The van der Waals surface area contributed by atoms with E-state index in [1.54, 1.807) is 11.0 Å². The standard InChI is InChI=1S/C23H23NO4/c25-22(26)10-9-16-11-13-24(14-12-16)23(27)28-15-21-19-7-3-1-5-17(19)18-6-2-4-8-20(18)21/h1-10,16,21H,11-15H2,(H,25,26)/b10-9+. The van der Waals surface area contributed by atoms with Crippen LogP contribution >= 0.6 is 0 Å². The molecule has 28 heavy (non-hydrogen) atoms. The summed E-state index contributed by atoms with van der Waals surface area (Å²) in [6.07, 6.45) is 4.13. The molecule has 4 rings (SSSR count). The number of amides is 1. The van der Waals surface area contributed by atoms with Gasteiger partial charge in [-0.15, -0.1) is 0 Å². The smallest absolute Gasteiger partial charge is 0.409 e. The predicted molar refractivity (Wildman–Crippen MR) is 106 cm³/mol. The average molecular weight is 377 g/mol. The van der Waals surface area contributed by atoms with Gasteiger partial charge >= 0.3 is 12.1 Å². The SMILES string of the molecule is O=C(O)/C=C/C1CCN(C(=O)OCC2c3ccccc3-c3ccccc32)CC1. The number of benzene rings is 2. The van der Waals surface area contributed by atoms with Gasteiger partial charge in [0.15, 0.2) is 0 Å². The van der Waals surface area contributed by atoms with Crippen LogP contribution in [0.25, 0.3) is 11.1 Å². The second kappa shape index (κ2) is 7.89. The third-order valence-electron chi connectivity index (χ3n) is 5.64. The van der Waals surface area contributed by atoms with Gasteiger partial charge in [0, 0.05) is 25.1 Å². The Labute approximate surface area is 164 Å². The zero-order valence-electron chi connectivity index (χ0n) is 15.6. The van der Waals surface area contributed by atoms with E-state index in [4.69, 9.17) is 9.84 Å². The molecule has 1 aliphatic heterocycles. The second-order valence-electron chi connectivity index (χ2n) is 7.33. The van der Waals surface area contributed by atoms with E-state index in [-0.39, 0.29) is 17.9 Å². The molecule has 1 amide bonds. The maximum Gasteiger partial charge on any atom is 0.409 e. The molecule has 0 bridgehead atoms. The van der Waals surface area contributed by atoms with Gasteiger partial charge in [-0.05, 0) is 41.0 Å². The Morgan fingerprint density at radius 2 is 1.57 bits per heavy atom. The van der Waals surface area contributed by atoms with Crippen LogP contribution in [0, 0.1) is 5.92 Å². The maximum absolute atomic E-state index is 12.5. The highest BCUT2D eigenvalue weighted by Gasteiger charge is 2.30. The molecular formula is C23H23NO4. The third kappa shape index (κ3) is 3.65. The van der Waals surface area contributed by atoms with E-state index < -0.39 is 5.97 Å². The number of allylic oxidation sites excluding steroid dienone is 1. The van der Waals surface area contributed by atoms with E-state index in [2.05, 4.69) is 24.3 Å². The lowest BCUT2D eigenvalue weighted by molar-refractivity contribution is -0.131. The number of carboxylic acids is 1. The van der Waals surface area contributed by atoms with Crippen LogP contribution in [0.1, 0.15) is 29.9 Å². The highest BCUT2D eigenvalue weighted by Crippen LogP contribution is 2.44. The summed E-state index contributed by atoms with van der Waals surface area (Å²) in [5.74, 6) is -0.667. The highest BCUT2D eigenvalue weighted by atomic mass is 16.6. The number of carbonyl (C=O) groups is 2. The average Bonchev–Trinajstić information content (AvgIpc) is 3.05. The van der Waals surface area contributed by atoms with Crippen LogP contribution in [0.3, 0.4) is 0 Å². The lowest BCUT2D eigenvalue weighted by atomic mass is 9.96. The Bertz CT molecular complexity index is 867. The molecule has 0 saturated carbocycles. The number of nitrogens with zero attached hydrogens (tertiary/aromatic N) is 1. The van der Waals surface area contributed by atoms with Crippen molar-refractivity contribution >= 4 is 12.1 Å². The van der Waals surface area contributed by atoms with Gasteiger partial charge in [-0.1, -0.05) is 54.6 Å². The molecule has 5 heteroatoms. The van der Waals surface area contributed by atoms with Crippen molar-refractivity contribution in [1.82, 2.24) is 4.90 Å². The lowest BCUT2D eigenvalue weighted by Gasteiger charge is -2.30. The van der Waals surface area contributed by atoms with E-state index in [9.17, 15) is 9.59 Å². The number of rotatable bonds is 4. The molecule has 0 atom stereocenters. The van der Waals surface area contributed by atoms with Gasteiger partial charge in [0.2, 0.25) is 0 Å². The Kier molecular flexibility index (Phi) is 5.15. The monoisotopic (exact) mass is 377 g/mol. The van der Waals surface area contributed by atoms with E-state index in [0.717, 1.165) is 12.8 Å². The fourth-order valence-electron chi connectivity index (χ4n) is 4.18. The minimum Gasteiger partial charge on any atom is -0.478 e. The minimum atomic E-state index is -0.932. The van der Waals surface area contributed by atoms with Crippen molar-refractivity contribution in [2.75, 3.05) is 19.7 Å². The van der Waals surface area contributed by atoms with Crippen molar-refractivity contribution < 1.29 is 19.4 Å². The highest BCUT2D eigenvalue weighted by molar-refractivity contribution is 5.80. The summed E-state index contributed by atoms with van der Waals surface area (Å²) >= 11 is 0. The summed E-state index contributed by atoms with van der Waals surface area (Å²) in [7, 11) is 0. The molecule has 1 saturated heterocycles. The molecule has 0 radical (unpaired) electrons. The van der Waals surface area contributed by atoms with Crippen molar-refractivity contribution in [3.63, 3.8) is 0 Å². The summed E-state index contributed by atoms with van der Waals surface area (Å²) in [5.41, 5.74) is 4.83. The summed E-state index contributed by atoms with van der Waals surface area (Å²) in [6.45, 7) is 1.50. The lowest BCUT2D eigenvalue weighted by Crippen LogP contribution is -2.39. The molecule has 1 fully saturated rings. The molecule has 1 N–H and O–H groups in total. The number of carboxylic acid groups (broad SMARTS) is 1. The largest absolute Gasteiger partial charge is 0.478 e. The van der Waals surface area contributed by atoms with Gasteiger partial charge in [-0.3, -0.25) is 0 Å². The van der Waals surface area contributed by atoms with Gasteiger partial charge < -0.3 is 14.7 Å². The summed E-state index contributed by atoms with van der Waals surface area (Å²) < 4.78 is 5.69. The van der Waals surface area contributed by atoms with E-state index in [0.29, 0.717) is 19.7 Å². The molecule has 0 spiro atoms. The van der Waals surface area contributed by atoms with E-state index in [1.165, 1.54) is 28.3 Å². The first-order valence-corrected chi connectivity index (χ1v) is 9.64. The van der Waals surface area contributed by atoms with Crippen molar-refractivity contribution in [3.05, 3.63) is 71.8 Å². The normalized spacial score (nSPS) is 16.8. The zero-order valence-corrected chi connectivity index (χ0v) is 15.6. The molecular weight excluding hydrogens is 354 g/mol. The molecule has 1 heterocycles. The Balaban J connectivity index is 1.38. The van der Waals surface area contributed by atoms with Crippen LogP contribution < -0.4 is 0 Å². The van der Waals surface area contributed by atoms with Crippen LogP contribution in [-0.2, 0) is 9.53 Å². The molecule has 2 aliphatic rings. The number of ether oxygens (including phenoxy) is 1. The number of aliphatic carboxylic acids is 1. The van der Waals surface area contributed by atoms with Crippen molar-refractivity contribution in [2.45, 2.75) is 18.8 Å². The molecule has 2 aromatic carbocycles. The van der Waals surface area contributed by atoms with Crippen molar-refractivity contribution in [3.8, 4) is 11.1 Å².